The van der Waals surface area contributed by atoms with E-state index in [9.17, 15) is 4.39 Å². The lowest BCUT2D eigenvalue weighted by atomic mass is 10.1. The van der Waals surface area contributed by atoms with E-state index in [0.29, 0.717) is 12.8 Å². The number of hydrogen-bond donors (Lipinski definition) is 1. The fourth-order valence-electron chi connectivity index (χ4n) is 1.18. The highest BCUT2D eigenvalue weighted by Crippen LogP contribution is 2.26. The van der Waals surface area contributed by atoms with Crippen LogP contribution in [0.25, 0.3) is 0 Å². The number of rotatable bonds is 1. The summed E-state index contributed by atoms with van der Waals surface area (Å²) in [6.07, 6.45) is 1.48. The standard InChI is InChI=1S/C6H11FO/c7-6-2-1-5(3-6)4-8/h5-6,8H,1-4H2/t5-,6+/m0/s1. The molecule has 1 saturated carbocycles. The Balaban J connectivity index is 2.22. The van der Waals surface area contributed by atoms with E-state index in [0.717, 1.165) is 6.42 Å². The van der Waals surface area contributed by atoms with Gasteiger partial charge in [-0.2, -0.15) is 0 Å². The van der Waals surface area contributed by atoms with Crippen LogP contribution in [0.3, 0.4) is 0 Å². The van der Waals surface area contributed by atoms with E-state index in [4.69, 9.17) is 5.11 Å². The normalized spacial score (nSPS) is 38.2. The maximum atomic E-state index is 12.2. The van der Waals surface area contributed by atoms with E-state index in [2.05, 4.69) is 0 Å². The number of aliphatic hydroxyl groups excluding tert-OH is 1. The summed E-state index contributed by atoms with van der Waals surface area (Å²) in [5.41, 5.74) is 0. The molecule has 0 unspecified atom stereocenters. The molecule has 1 nitrogen and oxygen atoms in total. The molecule has 2 heteroatoms. The number of aliphatic hydroxyl groups is 1. The van der Waals surface area contributed by atoms with E-state index in [-0.39, 0.29) is 12.5 Å². The molecule has 0 aromatic rings. The molecule has 0 aliphatic heterocycles. The van der Waals surface area contributed by atoms with Crippen LogP contribution >= 0.6 is 0 Å². The lowest BCUT2D eigenvalue weighted by Crippen LogP contribution is -2.00. The van der Waals surface area contributed by atoms with Gasteiger partial charge in [0.05, 0.1) is 0 Å². The summed E-state index contributed by atoms with van der Waals surface area (Å²) in [4.78, 5) is 0. The molecule has 0 aromatic heterocycles. The van der Waals surface area contributed by atoms with Crippen molar-refractivity contribution in [3.63, 3.8) is 0 Å². The van der Waals surface area contributed by atoms with E-state index < -0.39 is 6.17 Å². The summed E-state index contributed by atoms with van der Waals surface area (Å²) in [6.45, 7) is 0.167. The van der Waals surface area contributed by atoms with Gasteiger partial charge in [-0.15, -0.1) is 0 Å². The van der Waals surface area contributed by atoms with Gasteiger partial charge in [0.2, 0.25) is 0 Å². The molecular weight excluding hydrogens is 107 g/mol. The van der Waals surface area contributed by atoms with Crippen LogP contribution in [0.5, 0.6) is 0 Å². The largest absolute Gasteiger partial charge is 0.396 e. The molecule has 8 heavy (non-hydrogen) atoms. The first-order valence-corrected chi connectivity index (χ1v) is 3.08. The van der Waals surface area contributed by atoms with Crippen LogP contribution in [0.15, 0.2) is 0 Å². The SMILES string of the molecule is OC[C@H]1CC[C@@H](F)C1. The maximum absolute atomic E-state index is 12.2. The Hall–Kier alpha value is -0.110. The van der Waals surface area contributed by atoms with Crippen molar-refractivity contribution in [2.24, 2.45) is 5.92 Å². The minimum absolute atomic E-state index is 0.167. The molecule has 0 radical (unpaired) electrons. The number of hydrogen-bond acceptors (Lipinski definition) is 1. The lowest BCUT2D eigenvalue weighted by molar-refractivity contribution is 0.219. The van der Waals surface area contributed by atoms with Crippen molar-refractivity contribution in [1.82, 2.24) is 0 Å². The first-order chi connectivity index (χ1) is 3.83. The average Bonchev–Trinajstić information content (AvgIpc) is 2.14. The highest BCUT2D eigenvalue weighted by Gasteiger charge is 2.22. The van der Waals surface area contributed by atoms with Gasteiger partial charge >= 0.3 is 0 Å². The third-order valence-corrected chi connectivity index (χ3v) is 1.74. The molecule has 1 N–H and O–H groups in total. The molecule has 0 bridgehead atoms. The Morgan fingerprint density at radius 2 is 2.25 bits per heavy atom. The van der Waals surface area contributed by atoms with Gasteiger partial charge in [0.15, 0.2) is 0 Å². The van der Waals surface area contributed by atoms with E-state index in [1.165, 1.54) is 0 Å². The van der Waals surface area contributed by atoms with Gasteiger partial charge in [-0.25, -0.2) is 4.39 Å². The van der Waals surface area contributed by atoms with Crippen LogP contribution < -0.4 is 0 Å². The molecule has 0 heterocycles. The van der Waals surface area contributed by atoms with Crippen molar-refractivity contribution in [2.45, 2.75) is 25.4 Å². The monoisotopic (exact) mass is 118 g/mol. The first kappa shape index (κ1) is 6.02. The van der Waals surface area contributed by atoms with Crippen LogP contribution in [0.4, 0.5) is 4.39 Å². The summed E-state index contributed by atoms with van der Waals surface area (Å²) in [5.74, 6) is 0.255. The molecule has 48 valence electrons. The first-order valence-electron chi connectivity index (χ1n) is 3.08. The molecule has 1 aliphatic rings. The molecule has 2 atom stereocenters. The summed E-state index contributed by atoms with van der Waals surface area (Å²) in [5, 5.41) is 8.52. The lowest BCUT2D eigenvalue weighted by Gasteiger charge is -1.99. The highest BCUT2D eigenvalue weighted by atomic mass is 19.1. The number of alkyl halides is 1. The van der Waals surface area contributed by atoms with E-state index in [1.807, 2.05) is 0 Å². The topological polar surface area (TPSA) is 20.2 Å². The van der Waals surface area contributed by atoms with Crippen molar-refractivity contribution in [1.29, 1.82) is 0 Å². The van der Waals surface area contributed by atoms with E-state index in [1.54, 1.807) is 0 Å². The second-order valence-electron chi connectivity index (χ2n) is 2.46. The summed E-state index contributed by atoms with van der Waals surface area (Å²) >= 11 is 0. The quantitative estimate of drug-likeness (QED) is 0.547. The Kier molecular flexibility index (Phi) is 1.84. The zero-order valence-electron chi connectivity index (χ0n) is 4.81. The molecular formula is C6H11FO. The van der Waals surface area contributed by atoms with Gasteiger partial charge < -0.3 is 5.11 Å². The zero-order valence-corrected chi connectivity index (χ0v) is 4.81. The van der Waals surface area contributed by atoms with Crippen molar-refractivity contribution < 1.29 is 9.50 Å². The minimum atomic E-state index is -0.632. The third kappa shape index (κ3) is 1.19. The van der Waals surface area contributed by atoms with Gasteiger partial charge in [0.1, 0.15) is 6.17 Å². The van der Waals surface area contributed by atoms with Gasteiger partial charge in [-0.1, -0.05) is 0 Å². The molecule has 1 rings (SSSR count). The maximum Gasteiger partial charge on any atom is 0.100 e. The fourth-order valence-corrected chi connectivity index (χ4v) is 1.18. The molecule has 0 aromatic carbocycles. The van der Waals surface area contributed by atoms with Crippen molar-refractivity contribution in [3.05, 3.63) is 0 Å². The smallest absolute Gasteiger partial charge is 0.100 e. The predicted octanol–water partition coefficient (Wildman–Crippen LogP) is 1.12. The summed E-state index contributed by atoms with van der Waals surface area (Å²) < 4.78 is 12.2. The fraction of sp³-hybridized carbons (Fsp3) is 1.00. The van der Waals surface area contributed by atoms with Crippen molar-refractivity contribution in [3.8, 4) is 0 Å². The second-order valence-corrected chi connectivity index (χ2v) is 2.46. The van der Waals surface area contributed by atoms with Crippen LogP contribution in [0, 0.1) is 5.92 Å². The molecule has 1 fully saturated rings. The Labute approximate surface area is 48.5 Å². The molecule has 0 spiro atoms. The highest BCUT2D eigenvalue weighted by molar-refractivity contribution is 4.73. The number of halogens is 1. The minimum Gasteiger partial charge on any atom is -0.396 e. The van der Waals surface area contributed by atoms with E-state index >= 15 is 0 Å². The van der Waals surface area contributed by atoms with Crippen LogP contribution in [0.2, 0.25) is 0 Å². The Bertz CT molecular complexity index is 74.9. The second kappa shape index (κ2) is 2.44. The Morgan fingerprint density at radius 3 is 2.50 bits per heavy atom. The summed E-state index contributed by atoms with van der Waals surface area (Å²) in [7, 11) is 0. The molecule has 0 amide bonds. The van der Waals surface area contributed by atoms with Gasteiger partial charge in [0, 0.05) is 6.61 Å². The average molecular weight is 118 g/mol. The van der Waals surface area contributed by atoms with Gasteiger partial charge in [0.25, 0.3) is 0 Å². The predicted molar refractivity (Wildman–Crippen MR) is 29.3 cm³/mol. The van der Waals surface area contributed by atoms with Gasteiger partial charge in [-0.05, 0) is 25.2 Å². The van der Waals surface area contributed by atoms with Gasteiger partial charge in [-0.3, -0.25) is 0 Å². The third-order valence-electron chi connectivity index (χ3n) is 1.74. The van der Waals surface area contributed by atoms with Crippen molar-refractivity contribution in [2.75, 3.05) is 6.61 Å². The van der Waals surface area contributed by atoms with Crippen LogP contribution in [-0.2, 0) is 0 Å². The van der Waals surface area contributed by atoms with Crippen LogP contribution in [-0.4, -0.2) is 17.9 Å². The molecule has 0 saturated heterocycles. The molecule has 1 aliphatic carbocycles. The van der Waals surface area contributed by atoms with Crippen LogP contribution in [0.1, 0.15) is 19.3 Å². The zero-order chi connectivity index (χ0) is 5.98. The van der Waals surface area contributed by atoms with Crippen molar-refractivity contribution >= 4 is 0 Å². The Morgan fingerprint density at radius 1 is 1.50 bits per heavy atom. The summed E-state index contributed by atoms with van der Waals surface area (Å²) in [6, 6.07) is 0.